The van der Waals surface area contributed by atoms with Gasteiger partial charge in [0.05, 0.1) is 37.9 Å². The first-order valence-corrected chi connectivity index (χ1v) is 26.5. The van der Waals surface area contributed by atoms with E-state index < -0.39 is 115 Å². The number of thioether (sulfide) groups is 1. The van der Waals surface area contributed by atoms with Crippen LogP contribution in [0.15, 0.2) is 12.7 Å². The number of nitrogens with two attached hydrogens (primary N) is 1. The number of aliphatic hydroxyl groups is 5. The Balaban J connectivity index is 1.10. The highest BCUT2D eigenvalue weighted by molar-refractivity contribution is 8.13. The number of phosphoric acid groups is 3. The number of hydrogen-bond donors (Lipinski definition) is 12. The van der Waals surface area contributed by atoms with Gasteiger partial charge in [-0.1, -0.05) is 38.5 Å². The van der Waals surface area contributed by atoms with E-state index >= 15 is 0 Å². The molecule has 2 aromatic heterocycles. The van der Waals surface area contributed by atoms with E-state index in [1.165, 1.54) is 13.8 Å². The minimum absolute atomic E-state index is 0.0183. The number of nitrogens with one attached hydrogen (secondary N) is 2. The van der Waals surface area contributed by atoms with Crippen molar-refractivity contribution in [2.24, 2.45) is 5.41 Å². The lowest BCUT2D eigenvalue weighted by atomic mass is 9.87. The van der Waals surface area contributed by atoms with Crippen LogP contribution in [0.3, 0.4) is 0 Å². The van der Waals surface area contributed by atoms with Crippen molar-refractivity contribution in [3.05, 3.63) is 12.7 Å². The molecule has 0 radical (unpaired) electrons. The molecule has 2 aromatic rings. The van der Waals surface area contributed by atoms with Gasteiger partial charge in [0.15, 0.2) is 29.1 Å². The van der Waals surface area contributed by atoms with Crippen molar-refractivity contribution < 1.29 is 105 Å². The van der Waals surface area contributed by atoms with Gasteiger partial charge in [0.25, 0.3) is 0 Å². The zero-order valence-corrected chi connectivity index (χ0v) is 40.6. The molecule has 2 aliphatic rings. The number of carbonyl (C=O) groups is 3. The maximum absolute atomic E-state index is 12.7. The Morgan fingerprint density at radius 1 is 0.971 bits per heavy atom. The highest BCUT2D eigenvalue weighted by Gasteiger charge is 2.50. The molecule has 2 saturated heterocycles. The van der Waals surface area contributed by atoms with Crippen LogP contribution in [0.25, 0.3) is 11.2 Å². The van der Waals surface area contributed by atoms with Gasteiger partial charge < -0.3 is 75.7 Å². The first kappa shape index (κ1) is 57.9. The second-order valence-corrected chi connectivity index (χ2v) is 21.8. The van der Waals surface area contributed by atoms with Crippen LogP contribution in [-0.4, -0.2) is 175 Å². The van der Waals surface area contributed by atoms with E-state index in [0.29, 0.717) is 32.3 Å². The Kier molecular flexibility index (Phi) is 21.9. The zero-order chi connectivity index (χ0) is 50.6. The smallest absolute Gasteiger partial charge is 0.393 e. The number of hydrogen-bond acceptors (Lipinski definition) is 23. The van der Waals surface area contributed by atoms with Crippen molar-refractivity contribution in [1.82, 2.24) is 30.2 Å². The second-order valence-electron chi connectivity index (χ2n) is 16.4. The van der Waals surface area contributed by atoms with Crippen LogP contribution in [0.4, 0.5) is 5.82 Å². The van der Waals surface area contributed by atoms with Crippen LogP contribution < -0.4 is 16.4 Å². The van der Waals surface area contributed by atoms with Crippen LogP contribution >= 0.6 is 35.2 Å². The molecule has 0 bridgehead atoms. The topological polar surface area (TPSA) is 443 Å². The largest absolute Gasteiger partial charge is 0.481 e. The lowest BCUT2D eigenvalue weighted by molar-refractivity contribution is -0.261. The summed E-state index contributed by atoms with van der Waals surface area (Å²) in [6, 6.07) is 0. The van der Waals surface area contributed by atoms with Crippen molar-refractivity contribution in [2.75, 3.05) is 44.4 Å². The number of fused-ring (bicyclic) bond motifs is 1. The fourth-order valence-corrected chi connectivity index (χ4v) is 10.2. The Morgan fingerprint density at radius 2 is 1.68 bits per heavy atom. The highest BCUT2D eigenvalue weighted by atomic mass is 32.2. The van der Waals surface area contributed by atoms with E-state index in [0.717, 1.165) is 29.0 Å². The van der Waals surface area contributed by atoms with Gasteiger partial charge in [0.1, 0.15) is 42.4 Å². The van der Waals surface area contributed by atoms with Crippen molar-refractivity contribution in [2.45, 2.75) is 127 Å². The molecule has 29 nitrogen and oxygen atoms in total. The molecule has 13 N–H and O–H groups in total. The first-order chi connectivity index (χ1) is 31.7. The summed E-state index contributed by atoms with van der Waals surface area (Å²) < 4.78 is 73.3. The third-order valence-corrected chi connectivity index (χ3v) is 14.3. The number of aliphatic hydroxyl groups excluding tert-OH is 5. The summed E-state index contributed by atoms with van der Waals surface area (Å²) in [6.07, 6.45) is -8.45. The van der Waals surface area contributed by atoms with Crippen LogP contribution in [0.2, 0.25) is 0 Å². The molecular weight excluding hydrogens is 995 g/mol. The predicted molar refractivity (Wildman–Crippen MR) is 233 cm³/mol. The minimum Gasteiger partial charge on any atom is -0.393 e. The number of carbonyl (C=O) groups excluding carboxylic acids is 3. The number of rotatable bonds is 28. The number of nitrogen functional groups attached to an aromatic ring is 1. The third-order valence-electron chi connectivity index (χ3n) is 10.3. The first-order valence-electron chi connectivity index (χ1n) is 21.0. The number of phosphoric ester groups is 3. The molecule has 2 unspecified atom stereocenters. The number of nitrogens with zero attached hydrogens (tertiary/aromatic N) is 4. The van der Waals surface area contributed by atoms with Crippen LogP contribution in [-0.2, 0) is 60.2 Å². The van der Waals surface area contributed by atoms with Gasteiger partial charge in [-0.3, -0.25) is 32.5 Å². The highest BCUT2D eigenvalue weighted by Crippen LogP contribution is 2.61. The van der Waals surface area contributed by atoms with Crippen molar-refractivity contribution in [3.8, 4) is 0 Å². The Morgan fingerprint density at radius 3 is 2.38 bits per heavy atom. The Bertz CT molecular complexity index is 2140. The van der Waals surface area contributed by atoms with Gasteiger partial charge in [-0.15, -0.1) is 0 Å². The summed E-state index contributed by atoms with van der Waals surface area (Å²) >= 11 is 0.927. The molecule has 12 atom stereocenters. The monoisotopic (exact) mass is 1060 g/mol. The van der Waals surface area contributed by atoms with Gasteiger partial charge in [-0.2, -0.15) is 4.31 Å². The quantitative estimate of drug-likeness (QED) is 0.0354. The van der Waals surface area contributed by atoms with Crippen LogP contribution in [0, 0.1) is 5.41 Å². The number of unbranched alkanes of at least 4 members (excludes halogenated alkanes) is 2. The van der Waals surface area contributed by atoms with Gasteiger partial charge in [0, 0.05) is 50.1 Å². The maximum atomic E-state index is 12.7. The summed E-state index contributed by atoms with van der Waals surface area (Å²) in [7, 11) is -16.5. The molecule has 2 fully saturated rings. The van der Waals surface area contributed by atoms with E-state index in [4.69, 9.17) is 29.0 Å². The average Bonchev–Trinajstić information content (AvgIpc) is 3.80. The fraction of sp³-hybridized carbons (Fsp3) is 0.771. The molecule has 4 rings (SSSR count). The molecule has 2 amide bonds. The maximum Gasteiger partial charge on any atom is 0.481 e. The van der Waals surface area contributed by atoms with Crippen LogP contribution in [0.5, 0.6) is 0 Å². The standard InChI is InChI=1S/C35H60N7O22P3S/c1-19-21(44)14-22(45)34(61-19)58-11-6-4-5-7-20(43)13-25(47)68-12-10-37-24(46)8-9-38-32(50)29(49)35(2,3)16-60-67(56,57)64-66(54,55)59-15-23-28(63-65(51,52)53)27(48)33(62-23)42-18-41-26-30(36)39-17-40-31(26)42/h17-23,27-29,33-34,43-45,48-49H,4-16H2,1-3H3,(H,37,46)(H,38,50)(H,54,55)(H,56,57)(H2,36,39,40)(H2,51,52,53)/t19-,20+,21+,22+,23+,27+,28+,29-,33+,34+/m0/s1. The molecule has 4 heterocycles. The average molecular weight is 1060 g/mol. The fourth-order valence-electron chi connectivity index (χ4n) is 6.60. The molecule has 33 heteroatoms. The van der Waals surface area contributed by atoms with E-state index in [1.54, 1.807) is 6.92 Å². The lowest BCUT2D eigenvalue weighted by Gasteiger charge is -2.35. The molecule has 0 spiro atoms. The molecule has 388 valence electrons. The SMILES string of the molecule is C[C@@H]1O[C@@H](OCCCCC[C@@H](O)CC(=O)SCCNC(=O)CCNC(=O)[C@H](O)C(C)(C)COP(=O)(O)OP(=O)(O)OC[C@H]2O[C@@H](n3cnc4c(N)ncnc43)[C@H](O)[C@@H]2OP(=O)(O)O)[C@H](O)C[C@H]1O. The summed E-state index contributed by atoms with van der Waals surface area (Å²) in [6.45, 7) is 2.25. The number of imidazole rings is 1. The summed E-state index contributed by atoms with van der Waals surface area (Å²) in [4.78, 5) is 88.3. The zero-order valence-electron chi connectivity index (χ0n) is 37.1. The summed E-state index contributed by atoms with van der Waals surface area (Å²) in [5, 5.41) is 56.1. The Hall–Kier alpha value is -2.64. The number of aromatic nitrogens is 4. The van der Waals surface area contributed by atoms with Crippen molar-refractivity contribution >= 4 is 69.1 Å². The number of ether oxygens (including phenoxy) is 3. The number of anilines is 1. The summed E-state index contributed by atoms with van der Waals surface area (Å²) in [5.41, 5.74) is 4.21. The Labute approximate surface area is 393 Å². The molecule has 2 aliphatic heterocycles. The third kappa shape index (κ3) is 18.2. The van der Waals surface area contributed by atoms with Gasteiger partial charge in [-0.05, 0) is 19.8 Å². The molecule has 0 aromatic carbocycles. The van der Waals surface area contributed by atoms with Crippen molar-refractivity contribution in [1.29, 1.82) is 0 Å². The second kappa shape index (κ2) is 25.7. The van der Waals surface area contributed by atoms with E-state index in [9.17, 15) is 73.2 Å². The summed E-state index contributed by atoms with van der Waals surface area (Å²) in [5.74, 6) is -1.36. The molecule has 0 saturated carbocycles. The molecular formula is C35H60N7O22P3S. The lowest BCUT2D eigenvalue weighted by Crippen LogP contribution is -2.47. The van der Waals surface area contributed by atoms with Crippen molar-refractivity contribution in [3.63, 3.8) is 0 Å². The number of amides is 2. The van der Waals surface area contributed by atoms with Crippen LogP contribution in [0.1, 0.15) is 71.9 Å². The van der Waals surface area contributed by atoms with E-state index in [2.05, 4.69) is 34.4 Å². The normalized spacial score (nSPS) is 26.2. The van der Waals surface area contributed by atoms with E-state index in [-0.39, 0.29) is 60.2 Å². The van der Waals surface area contributed by atoms with Gasteiger partial charge >= 0.3 is 23.5 Å². The molecule has 0 aliphatic carbocycles. The molecule has 68 heavy (non-hydrogen) atoms. The van der Waals surface area contributed by atoms with Gasteiger partial charge in [-0.25, -0.2) is 28.6 Å². The minimum atomic E-state index is -5.60. The van der Waals surface area contributed by atoms with E-state index in [1.807, 2.05) is 0 Å². The predicted octanol–water partition coefficient (Wildman–Crippen LogP) is -1.15. The van der Waals surface area contributed by atoms with Gasteiger partial charge in [0.2, 0.25) is 11.8 Å².